The summed E-state index contributed by atoms with van der Waals surface area (Å²) in [4.78, 5) is 37.7. The average molecular weight is 438 g/mol. The topological polar surface area (TPSA) is 119 Å². The molecule has 2 amide bonds. The molecule has 0 atom stereocenters. The van der Waals surface area contributed by atoms with Gasteiger partial charge in [-0.05, 0) is 29.8 Å². The van der Waals surface area contributed by atoms with Gasteiger partial charge in [-0.1, -0.05) is 23.7 Å². The Labute approximate surface area is 178 Å². The molecule has 2 rings (SSSR count). The SMILES string of the molecule is COC(CNC(=O)c1ccc(C(=O)NCc2ccc(Cl)cc2)c(=O)n1CCO)OC. The van der Waals surface area contributed by atoms with Gasteiger partial charge in [0, 0.05) is 32.3 Å². The van der Waals surface area contributed by atoms with E-state index in [-0.39, 0.29) is 37.5 Å². The van der Waals surface area contributed by atoms with E-state index in [0.29, 0.717) is 5.02 Å². The standard InChI is InChI=1S/C20H24ClN3O6/c1-29-17(30-2)12-23-19(27)16-8-7-15(20(28)24(16)9-10-25)18(26)22-11-13-3-5-14(21)6-4-13/h3-8,17,25H,9-12H2,1-2H3,(H,22,26)(H,23,27). The fourth-order valence-corrected chi connectivity index (χ4v) is 2.81. The maximum atomic E-state index is 12.8. The van der Waals surface area contributed by atoms with Crippen LogP contribution in [0.25, 0.3) is 0 Å². The van der Waals surface area contributed by atoms with Gasteiger partial charge < -0.3 is 29.8 Å². The molecule has 0 radical (unpaired) electrons. The first-order valence-electron chi connectivity index (χ1n) is 9.12. The quantitative estimate of drug-likeness (QED) is 0.472. The smallest absolute Gasteiger partial charge is 0.268 e. The Morgan fingerprint density at radius 2 is 1.73 bits per heavy atom. The summed E-state index contributed by atoms with van der Waals surface area (Å²) in [5.41, 5.74) is 0.000455. The van der Waals surface area contributed by atoms with Crippen LogP contribution in [-0.2, 0) is 22.6 Å². The number of benzene rings is 1. The molecule has 0 aliphatic rings. The number of aliphatic hydroxyl groups excluding tert-OH is 1. The van der Waals surface area contributed by atoms with Crippen molar-refractivity contribution in [3.63, 3.8) is 0 Å². The van der Waals surface area contributed by atoms with Crippen LogP contribution in [-0.4, -0.2) is 55.1 Å². The zero-order chi connectivity index (χ0) is 22.1. The lowest BCUT2D eigenvalue weighted by molar-refractivity contribution is -0.0974. The van der Waals surface area contributed by atoms with Crippen LogP contribution in [0.5, 0.6) is 0 Å². The fraction of sp³-hybridized carbons (Fsp3) is 0.350. The van der Waals surface area contributed by atoms with Crippen molar-refractivity contribution < 1.29 is 24.2 Å². The van der Waals surface area contributed by atoms with Crippen LogP contribution in [0.15, 0.2) is 41.2 Å². The van der Waals surface area contributed by atoms with E-state index in [0.717, 1.165) is 10.1 Å². The van der Waals surface area contributed by atoms with Crippen molar-refractivity contribution in [2.24, 2.45) is 0 Å². The summed E-state index contributed by atoms with van der Waals surface area (Å²) >= 11 is 5.84. The number of rotatable bonds is 10. The minimum atomic E-state index is -0.680. The number of nitrogens with zero attached hydrogens (tertiary/aromatic N) is 1. The Balaban J connectivity index is 2.18. The summed E-state index contributed by atoms with van der Waals surface area (Å²) in [6.45, 7) is -0.262. The van der Waals surface area contributed by atoms with Crippen molar-refractivity contribution >= 4 is 23.4 Å². The number of pyridine rings is 1. The van der Waals surface area contributed by atoms with Gasteiger partial charge in [0.15, 0.2) is 6.29 Å². The molecule has 0 fully saturated rings. The van der Waals surface area contributed by atoms with E-state index in [1.807, 2.05) is 0 Å². The first kappa shape index (κ1) is 23.6. The van der Waals surface area contributed by atoms with E-state index >= 15 is 0 Å². The fourth-order valence-electron chi connectivity index (χ4n) is 2.68. The molecule has 9 nitrogen and oxygen atoms in total. The predicted octanol–water partition coefficient (Wildman–Crippen LogP) is 0.773. The number of carbonyl (C=O) groups excluding carboxylic acids is 2. The summed E-state index contributed by atoms with van der Waals surface area (Å²) < 4.78 is 11.1. The number of aliphatic hydroxyl groups is 1. The minimum Gasteiger partial charge on any atom is -0.395 e. The van der Waals surface area contributed by atoms with Gasteiger partial charge in [0.2, 0.25) is 0 Å². The summed E-state index contributed by atoms with van der Waals surface area (Å²) in [7, 11) is 2.86. The second-order valence-corrected chi connectivity index (χ2v) is 6.67. The number of methoxy groups -OCH3 is 2. The predicted molar refractivity (Wildman–Crippen MR) is 111 cm³/mol. The molecule has 162 valence electrons. The summed E-state index contributed by atoms with van der Waals surface area (Å²) in [5.74, 6) is -1.15. The van der Waals surface area contributed by atoms with Crippen LogP contribution in [0.4, 0.5) is 0 Å². The molecule has 0 unspecified atom stereocenters. The Hall–Kier alpha value is -2.72. The molecule has 2 aromatic rings. The zero-order valence-corrected chi connectivity index (χ0v) is 17.4. The molecule has 0 aliphatic heterocycles. The number of carbonyl (C=O) groups is 2. The van der Waals surface area contributed by atoms with Crippen LogP contribution >= 0.6 is 11.6 Å². The van der Waals surface area contributed by atoms with E-state index < -0.39 is 23.7 Å². The highest BCUT2D eigenvalue weighted by Crippen LogP contribution is 2.09. The van der Waals surface area contributed by atoms with Crippen LogP contribution < -0.4 is 16.2 Å². The molecule has 0 saturated heterocycles. The molecule has 0 aliphatic carbocycles. The lowest BCUT2D eigenvalue weighted by atomic mass is 10.2. The molecule has 30 heavy (non-hydrogen) atoms. The zero-order valence-electron chi connectivity index (χ0n) is 16.7. The van der Waals surface area contributed by atoms with Gasteiger partial charge in [-0.25, -0.2) is 0 Å². The van der Waals surface area contributed by atoms with Crippen molar-refractivity contribution in [2.75, 3.05) is 27.4 Å². The van der Waals surface area contributed by atoms with E-state index in [9.17, 15) is 19.5 Å². The Morgan fingerprint density at radius 1 is 1.07 bits per heavy atom. The highest BCUT2D eigenvalue weighted by atomic mass is 35.5. The van der Waals surface area contributed by atoms with Crippen LogP contribution in [0.2, 0.25) is 5.02 Å². The molecule has 1 heterocycles. The van der Waals surface area contributed by atoms with Crippen LogP contribution in [0.3, 0.4) is 0 Å². The van der Waals surface area contributed by atoms with Crippen molar-refractivity contribution in [1.29, 1.82) is 0 Å². The number of hydrogen-bond donors (Lipinski definition) is 3. The Kier molecular flexibility index (Phi) is 9.00. The molecular weight excluding hydrogens is 414 g/mol. The summed E-state index contributed by atoms with van der Waals surface area (Å²) in [5, 5.41) is 15.1. The molecule has 0 saturated carbocycles. The van der Waals surface area contributed by atoms with Gasteiger partial charge in [0.25, 0.3) is 17.4 Å². The number of ether oxygens (including phenoxy) is 2. The normalized spacial score (nSPS) is 10.8. The molecule has 0 spiro atoms. The van der Waals surface area contributed by atoms with E-state index in [4.69, 9.17) is 21.1 Å². The lowest BCUT2D eigenvalue weighted by Crippen LogP contribution is -2.40. The molecule has 0 bridgehead atoms. The van der Waals surface area contributed by atoms with Gasteiger partial charge in [-0.3, -0.25) is 14.4 Å². The molecule has 1 aromatic carbocycles. The molecular formula is C20H24ClN3O6. The summed E-state index contributed by atoms with van der Waals surface area (Å²) in [6, 6.07) is 9.55. The van der Waals surface area contributed by atoms with Crippen molar-refractivity contribution in [2.45, 2.75) is 19.4 Å². The number of nitrogens with one attached hydrogen (secondary N) is 2. The van der Waals surface area contributed by atoms with Crippen molar-refractivity contribution in [3.05, 3.63) is 68.6 Å². The Bertz CT molecular complexity index is 925. The van der Waals surface area contributed by atoms with Crippen LogP contribution in [0, 0.1) is 0 Å². The number of halogens is 1. The van der Waals surface area contributed by atoms with Gasteiger partial charge in [0.05, 0.1) is 13.2 Å². The minimum absolute atomic E-state index is 0.00857. The highest BCUT2D eigenvalue weighted by Gasteiger charge is 2.19. The van der Waals surface area contributed by atoms with Gasteiger partial charge in [-0.15, -0.1) is 0 Å². The van der Waals surface area contributed by atoms with Crippen molar-refractivity contribution in [1.82, 2.24) is 15.2 Å². The number of amides is 2. The second kappa shape index (κ2) is 11.5. The second-order valence-electron chi connectivity index (χ2n) is 6.23. The van der Waals surface area contributed by atoms with E-state index in [1.165, 1.54) is 26.4 Å². The third-order valence-corrected chi connectivity index (χ3v) is 4.55. The monoisotopic (exact) mass is 437 g/mol. The number of aromatic nitrogens is 1. The van der Waals surface area contributed by atoms with E-state index in [2.05, 4.69) is 10.6 Å². The largest absolute Gasteiger partial charge is 0.395 e. The third-order valence-electron chi connectivity index (χ3n) is 4.30. The van der Waals surface area contributed by atoms with Gasteiger partial charge in [0.1, 0.15) is 11.3 Å². The molecule has 10 heteroatoms. The van der Waals surface area contributed by atoms with Gasteiger partial charge >= 0.3 is 0 Å². The van der Waals surface area contributed by atoms with Crippen LogP contribution in [0.1, 0.15) is 26.4 Å². The lowest BCUT2D eigenvalue weighted by Gasteiger charge is -2.16. The maximum absolute atomic E-state index is 12.8. The third kappa shape index (κ3) is 6.14. The Morgan fingerprint density at radius 3 is 2.33 bits per heavy atom. The summed E-state index contributed by atoms with van der Waals surface area (Å²) in [6.07, 6.45) is -0.648. The van der Waals surface area contributed by atoms with Crippen molar-refractivity contribution in [3.8, 4) is 0 Å². The molecule has 1 aromatic heterocycles. The van der Waals surface area contributed by atoms with E-state index in [1.54, 1.807) is 24.3 Å². The first-order chi connectivity index (χ1) is 14.4. The molecule has 3 N–H and O–H groups in total. The average Bonchev–Trinajstić information content (AvgIpc) is 2.75. The first-order valence-corrected chi connectivity index (χ1v) is 9.50. The highest BCUT2D eigenvalue weighted by molar-refractivity contribution is 6.30. The van der Waals surface area contributed by atoms with Gasteiger partial charge in [-0.2, -0.15) is 0 Å². The number of hydrogen-bond acceptors (Lipinski definition) is 6. The maximum Gasteiger partial charge on any atom is 0.268 e.